The van der Waals surface area contributed by atoms with Crippen LogP contribution in [0.15, 0.2) is 42.5 Å². The van der Waals surface area contributed by atoms with E-state index < -0.39 is 0 Å². The van der Waals surface area contributed by atoms with Gasteiger partial charge in [-0.15, -0.1) is 0 Å². The Balaban J connectivity index is 2.00. The molecule has 1 amide bonds. The van der Waals surface area contributed by atoms with E-state index in [1.165, 1.54) is 0 Å². The number of rotatable bonds is 5. The average Bonchev–Trinajstić information content (AvgIpc) is 2.62. The van der Waals surface area contributed by atoms with Gasteiger partial charge in [0.1, 0.15) is 6.17 Å². The van der Waals surface area contributed by atoms with Crippen LogP contribution in [-0.4, -0.2) is 31.1 Å². The number of hydrogen-bond donors (Lipinski definition) is 1. The highest BCUT2D eigenvalue weighted by atomic mass is 16.5. The molecule has 3 rings (SSSR count). The SMILES string of the molecule is CCOc1ccc(C2Nc3ccccc3C(=O)N2CC)cc1OC. The van der Waals surface area contributed by atoms with Gasteiger partial charge in [0.15, 0.2) is 11.5 Å². The predicted octanol–water partition coefficient (Wildman–Crippen LogP) is 3.68. The van der Waals surface area contributed by atoms with Gasteiger partial charge < -0.3 is 19.7 Å². The van der Waals surface area contributed by atoms with Crippen LogP contribution < -0.4 is 14.8 Å². The van der Waals surface area contributed by atoms with E-state index in [0.717, 1.165) is 11.3 Å². The zero-order valence-electron chi connectivity index (χ0n) is 14.2. The highest BCUT2D eigenvalue weighted by Crippen LogP contribution is 2.36. The molecule has 5 heteroatoms. The number of para-hydroxylation sites is 1. The third-order valence-electron chi connectivity index (χ3n) is 4.17. The summed E-state index contributed by atoms with van der Waals surface area (Å²) in [5.41, 5.74) is 2.51. The van der Waals surface area contributed by atoms with Crippen molar-refractivity contribution in [3.05, 3.63) is 53.6 Å². The molecule has 0 saturated carbocycles. The molecule has 0 aliphatic carbocycles. The molecule has 2 aromatic carbocycles. The van der Waals surface area contributed by atoms with Crippen LogP contribution in [0.2, 0.25) is 0 Å². The molecule has 24 heavy (non-hydrogen) atoms. The first-order valence-corrected chi connectivity index (χ1v) is 8.16. The summed E-state index contributed by atoms with van der Waals surface area (Å²) in [6, 6.07) is 13.4. The lowest BCUT2D eigenvalue weighted by molar-refractivity contribution is 0.0694. The lowest BCUT2D eigenvalue weighted by Gasteiger charge is -2.37. The van der Waals surface area contributed by atoms with E-state index in [2.05, 4.69) is 5.32 Å². The van der Waals surface area contributed by atoms with Gasteiger partial charge >= 0.3 is 0 Å². The minimum Gasteiger partial charge on any atom is -0.493 e. The van der Waals surface area contributed by atoms with Crippen LogP contribution >= 0.6 is 0 Å². The van der Waals surface area contributed by atoms with Crippen LogP contribution in [-0.2, 0) is 0 Å². The second-order valence-electron chi connectivity index (χ2n) is 5.53. The second-order valence-corrected chi connectivity index (χ2v) is 5.53. The maximum atomic E-state index is 12.8. The quantitative estimate of drug-likeness (QED) is 0.910. The maximum absolute atomic E-state index is 12.8. The Morgan fingerprint density at radius 1 is 1.12 bits per heavy atom. The van der Waals surface area contributed by atoms with Crippen molar-refractivity contribution in [2.45, 2.75) is 20.0 Å². The first kappa shape index (κ1) is 16.2. The lowest BCUT2D eigenvalue weighted by Crippen LogP contribution is -2.42. The number of nitrogens with one attached hydrogen (secondary N) is 1. The minimum absolute atomic E-state index is 0.0321. The van der Waals surface area contributed by atoms with Gasteiger partial charge in [0.25, 0.3) is 5.91 Å². The number of anilines is 1. The average molecular weight is 326 g/mol. The zero-order chi connectivity index (χ0) is 17.1. The fourth-order valence-electron chi connectivity index (χ4n) is 3.01. The summed E-state index contributed by atoms with van der Waals surface area (Å²) in [7, 11) is 1.62. The Labute approximate surface area is 142 Å². The predicted molar refractivity (Wildman–Crippen MR) is 93.7 cm³/mol. The Bertz CT molecular complexity index is 745. The van der Waals surface area contributed by atoms with Gasteiger partial charge in [-0.2, -0.15) is 0 Å². The summed E-state index contributed by atoms with van der Waals surface area (Å²) in [5, 5.41) is 3.46. The number of carbonyl (C=O) groups is 1. The van der Waals surface area contributed by atoms with Gasteiger partial charge in [-0.1, -0.05) is 18.2 Å². The van der Waals surface area contributed by atoms with Gasteiger partial charge in [0.05, 0.1) is 19.3 Å². The van der Waals surface area contributed by atoms with Crippen LogP contribution in [0, 0.1) is 0 Å². The molecule has 2 aromatic rings. The number of ether oxygens (including phenoxy) is 2. The number of amides is 1. The number of hydrogen-bond acceptors (Lipinski definition) is 4. The molecule has 1 aliphatic rings. The van der Waals surface area contributed by atoms with Gasteiger partial charge in [0, 0.05) is 12.2 Å². The van der Waals surface area contributed by atoms with Crippen molar-refractivity contribution < 1.29 is 14.3 Å². The molecular weight excluding hydrogens is 304 g/mol. The minimum atomic E-state index is -0.234. The topological polar surface area (TPSA) is 50.8 Å². The molecule has 1 aliphatic heterocycles. The van der Waals surface area contributed by atoms with E-state index in [1.807, 2.05) is 61.2 Å². The lowest BCUT2D eigenvalue weighted by atomic mass is 10.0. The molecule has 1 heterocycles. The molecule has 0 bridgehead atoms. The van der Waals surface area contributed by atoms with Gasteiger partial charge in [-0.25, -0.2) is 0 Å². The van der Waals surface area contributed by atoms with Crippen molar-refractivity contribution >= 4 is 11.6 Å². The number of methoxy groups -OCH3 is 1. The van der Waals surface area contributed by atoms with Crippen LogP contribution in [0.3, 0.4) is 0 Å². The first-order chi connectivity index (χ1) is 11.7. The molecule has 0 fully saturated rings. The van der Waals surface area contributed by atoms with Crippen LogP contribution in [0.4, 0.5) is 5.69 Å². The van der Waals surface area contributed by atoms with Gasteiger partial charge in [0.2, 0.25) is 0 Å². The summed E-state index contributed by atoms with van der Waals surface area (Å²) >= 11 is 0. The van der Waals surface area contributed by atoms with E-state index in [-0.39, 0.29) is 12.1 Å². The van der Waals surface area contributed by atoms with E-state index >= 15 is 0 Å². The highest BCUT2D eigenvalue weighted by molar-refractivity contribution is 6.01. The van der Waals surface area contributed by atoms with Crippen molar-refractivity contribution in [3.8, 4) is 11.5 Å². The third kappa shape index (κ3) is 2.77. The summed E-state index contributed by atoms with van der Waals surface area (Å²) in [5.74, 6) is 1.40. The van der Waals surface area contributed by atoms with Crippen molar-refractivity contribution in [2.75, 3.05) is 25.6 Å². The van der Waals surface area contributed by atoms with E-state index in [0.29, 0.717) is 30.2 Å². The molecule has 0 radical (unpaired) electrons. The number of carbonyl (C=O) groups excluding carboxylic acids is 1. The largest absolute Gasteiger partial charge is 0.493 e. The maximum Gasteiger partial charge on any atom is 0.257 e. The zero-order valence-corrected chi connectivity index (χ0v) is 14.2. The Hall–Kier alpha value is -2.69. The summed E-state index contributed by atoms with van der Waals surface area (Å²) in [6.07, 6.45) is -0.234. The van der Waals surface area contributed by atoms with E-state index in [9.17, 15) is 4.79 Å². The molecule has 1 atom stereocenters. The smallest absolute Gasteiger partial charge is 0.257 e. The fourth-order valence-corrected chi connectivity index (χ4v) is 3.01. The number of nitrogens with zero attached hydrogens (tertiary/aromatic N) is 1. The summed E-state index contributed by atoms with van der Waals surface area (Å²) in [4.78, 5) is 14.6. The first-order valence-electron chi connectivity index (χ1n) is 8.16. The van der Waals surface area contributed by atoms with Gasteiger partial charge in [-0.05, 0) is 43.7 Å². The van der Waals surface area contributed by atoms with Crippen LogP contribution in [0.5, 0.6) is 11.5 Å². The molecule has 1 N–H and O–H groups in total. The fraction of sp³-hybridized carbons (Fsp3) is 0.316. The van der Waals surface area contributed by atoms with Crippen molar-refractivity contribution in [1.82, 2.24) is 4.90 Å². The number of benzene rings is 2. The van der Waals surface area contributed by atoms with E-state index in [4.69, 9.17) is 9.47 Å². The van der Waals surface area contributed by atoms with E-state index in [1.54, 1.807) is 7.11 Å². The Morgan fingerprint density at radius 2 is 1.92 bits per heavy atom. The molecular formula is C19H22N2O3. The van der Waals surface area contributed by atoms with Crippen LogP contribution in [0.25, 0.3) is 0 Å². The number of fused-ring (bicyclic) bond motifs is 1. The standard InChI is InChI=1S/C19H22N2O3/c1-4-21-18(20-15-9-7-6-8-14(15)19(21)22)13-10-11-16(24-5-2)17(12-13)23-3/h6-12,18,20H,4-5H2,1-3H3. The third-order valence-corrected chi connectivity index (χ3v) is 4.17. The van der Waals surface area contributed by atoms with Crippen molar-refractivity contribution in [2.24, 2.45) is 0 Å². The van der Waals surface area contributed by atoms with Gasteiger partial charge in [-0.3, -0.25) is 4.79 Å². The molecule has 0 saturated heterocycles. The normalized spacial score (nSPS) is 16.4. The highest BCUT2D eigenvalue weighted by Gasteiger charge is 2.32. The Kier molecular flexibility index (Phi) is 4.60. The molecule has 0 aromatic heterocycles. The van der Waals surface area contributed by atoms with Crippen LogP contribution in [0.1, 0.15) is 35.9 Å². The second kappa shape index (κ2) is 6.83. The van der Waals surface area contributed by atoms with Crippen molar-refractivity contribution in [1.29, 1.82) is 0 Å². The monoisotopic (exact) mass is 326 g/mol. The molecule has 5 nitrogen and oxygen atoms in total. The molecule has 126 valence electrons. The summed E-state index contributed by atoms with van der Waals surface area (Å²) < 4.78 is 11.0. The van der Waals surface area contributed by atoms with Crippen molar-refractivity contribution in [3.63, 3.8) is 0 Å². The Morgan fingerprint density at radius 3 is 2.62 bits per heavy atom. The summed E-state index contributed by atoms with van der Waals surface area (Å²) in [6.45, 7) is 5.10. The molecule has 0 spiro atoms. The molecule has 1 unspecified atom stereocenters.